The highest BCUT2D eigenvalue weighted by molar-refractivity contribution is 7.90. The predicted molar refractivity (Wildman–Crippen MR) is 84.2 cm³/mol. The summed E-state index contributed by atoms with van der Waals surface area (Å²) < 4.78 is 30.2. The van der Waals surface area contributed by atoms with Crippen molar-refractivity contribution in [1.82, 2.24) is 0 Å². The quantitative estimate of drug-likeness (QED) is 0.882. The highest BCUT2D eigenvalue weighted by atomic mass is 32.2. The molecule has 2 N–H and O–H groups in total. The van der Waals surface area contributed by atoms with E-state index in [0.29, 0.717) is 21.9 Å². The van der Waals surface area contributed by atoms with E-state index in [1.165, 1.54) is 7.11 Å². The largest absolute Gasteiger partial charge is 0.495 e. The fourth-order valence-electron chi connectivity index (χ4n) is 2.21. The molecule has 2 aromatic rings. The SMILES string of the molecule is COc1ccc(CS(=O)(=O)c2cc(C)ccc2C)cc1N. The average molecular weight is 305 g/mol. The van der Waals surface area contributed by atoms with Crippen LogP contribution in [0.4, 0.5) is 5.69 Å². The maximum atomic E-state index is 12.6. The van der Waals surface area contributed by atoms with Gasteiger partial charge < -0.3 is 10.5 Å². The van der Waals surface area contributed by atoms with Gasteiger partial charge >= 0.3 is 0 Å². The Balaban J connectivity index is 2.37. The number of benzene rings is 2. The van der Waals surface area contributed by atoms with Gasteiger partial charge in [-0.25, -0.2) is 8.42 Å². The molecule has 0 aromatic heterocycles. The molecule has 0 bridgehead atoms. The van der Waals surface area contributed by atoms with Crippen molar-refractivity contribution in [2.45, 2.75) is 24.5 Å². The van der Waals surface area contributed by atoms with Crippen LogP contribution in [0.3, 0.4) is 0 Å². The molecular weight excluding hydrogens is 286 g/mol. The molecule has 0 aliphatic heterocycles. The molecule has 2 rings (SSSR count). The van der Waals surface area contributed by atoms with Crippen molar-refractivity contribution in [3.05, 3.63) is 53.1 Å². The third-order valence-electron chi connectivity index (χ3n) is 3.33. The number of hydrogen-bond acceptors (Lipinski definition) is 4. The van der Waals surface area contributed by atoms with Crippen molar-refractivity contribution in [3.8, 4) is 5.75 Å². The van der Waals surface area contributed by atoms with Crippen LogP contribution in [0.1, 0.15) is 16.7 Å². The molecule has 0 saturated carbocycles. The predicted octanol–water partition coefficient (Wildman–Crippen LogP) is 2.87. The summed E-state index contributed by atoms with van der Waals surface area (Å²) in [6.45, 7) is 3.68. The van der Waals surface area contributed by atoms with Crippen molar-refractivity contribution < 1.29 is 13.2 Å². The Morgan fingerprint density at radius 2 is 1.81 bits per heavy atom. The smallest absolute Gasteiger partial charge is 0.182 e. The second-order valence-corrected chi connectivity index (χ2v) is 7.06. The minimum atomic E-state index is -3.40. The van der Waals surface area contributed by atoms with Crippen molar-refractivity contribution in [2.24, 2.45) is 0 Å². The van der Waals surface area contributed by atoms with Crippen LogP contribution in [-0.2, 0) is 15.6 Å². The lowest BCUT2D eigenvalue weighted by molar-refractivity contribution is 0.417. The van der Waals surface area contributed by atoms with E-state index in [2.05, 4.69) is 0 Å². The molecule has 0 saturated heterocycles. The molecular formula is C16H19NO3S. The number of rotatable bonds is 4. The Hall–Kier alpha value is -2.01. The van der Waals surface area contributed by atoms with E-state index < -0.39 is 9.84 Å². The first-order chi connectivity index (χ1) is 9.83. The number of sulfone groups is 1. The van der Waals surface area contributed by atoms with E-state index in [9.17, 15) is 8.42 Å². The molecule has 4 nitrogen and oxygen atoms in total. The number of methoxy groups -OCH3 is 1. The van der Waals surface area contributed by atoms with Crippen LogP contribution in [0.15, 0.2) is 41.3 Å². The number of ether oxygens (including phenoxy) is 1. The Morgan fingerprint density at radius 1 is 1.10 bits per heavy atom. The standard InChI is InChI=1S/C16H19NO3S/c1-11-4-5-12(2)16(8-11)21(18,19)10-13-6-7-15(20-3)14(17)9-13/h4-9H,10,17H2,1-3H3. The van der Waals surface area contributed by atoms with Gasteiger partial charge in [0.15, 0.2) is 9.84 Å². The topological polar surface area (TPSA) is 69.4 Å². The molecule has 21 heavy (non-hydrogen) atoms. The van der Waals surface area contributed by atoms with Gasteiger partial charge in [-0.05, 0) is 48.7 Å². The van der Waals surface area contributed by atoms with Gasteiger partial charge in [0.05, 0.1) is 23.4 Å². The minimum absolute atomic E-state index is 0.0779. The van der Waals surface area contributed by atoms with Gasteiger partial charge in [0.25, 0.3) is 0 Å². The van der Waals surface area contributed by atoms with Gasteiger partial charge in [0.2, 0.25) is 0 Å². The Kier molecular flexibility index (Phi) is 4.23. The number of hydrogen-bond donors (Lipinski definition) is 1. The molecule has 2 aromatic carbocycles. The van der Waals surface area contributed by atoms with Crippen LogP contribution in [-0.4, -0.2) is 15.5 Å². The van der Waals surface area contributed by atoms with Crippen molar-refractivity contribution in [3.63, 3.8) is 0 Å². The molecule has 5 heteroatoms. The summed E-state index contributed by atoms with van der Waals surface area (Å²) in [5, 5.41) is 0. The molecule has 0 heterocycles. The zero-order valence-corrected chi connectivity index (χ0v) is 13.2. The third kappa shape index (κ3) is 3.36. The van der Waals surface area contributed by atoms with Gasteiger partial charge in [0.1, 0.15) is 5.75 Å². The lowest BCUT2D eigenvalue weighted by Crippen LogP contribution is -2.07. The first-order valence-electron chi connectivity index (χ1n) is 6.56. The van der Waals surface area contributed by atoms with Crippen LogP contribution in [0.5, 0.6) is 5.75 Å². The molecule has 0 aliphatic carbocycles. The summed E-state index contributed by atoms with van der Waals surface area (Å²) in [6.07, 6.45) is 0. The van der Waals surface area contributed by atoms with Crippen molar-refractivity contribution >= 4 is 15.5 Å². The number of anilines is 1. The zero-order chi connectivity index (χ0) is 15.6. The van der Waals surface area contributed by atoms with Gasteiger partial charge in [-0.2, -0.15) is 0 Å². The van der Waals surface area contributed by atoms with E-state index in [-0.39, 0.29) is 5.75 Å². The van der Waals surface area contributed by atoms with E-state index in [0.717, 1.165) is 11.1 Å². The summed E-state index contributed by atoms with van der Waals surface area (Å²) in [6, 6.07) is 10.5. The van der Waals surface area contributed by atoms with E-state index >= 15 is 0 Å². The summed E-state index contributed by atoms with van der Waals surface area (Å²) in [5.41, 5.74) is 8.58. The lowest BCUT2D eigenvalue weighted by atomic mass is 10.2. The molecule has 112 valence electrons. The fraction of sp³-hybridized carbons (Fsp3) is 0.250. The first kappa shape index (κ1) is 15.4. The summed E-state index contributed by atoms with van der Waals surface area (Å²) >= 11 is 0. The summed E-state index contributed by atoms with van der Waals surface area (Å²) in [5.74, 6) is 0.466. The molecule has 0 radical (unpaired) electrons. The van der Waals surface area contributed by atoms with Crippen molar-refractivity contribution in [1.29, 1.82) is 0 Å². The molecule has 0 unspecified atom stereocenters. The van der Waals surface area contributed by atoms with Crippen LogP contribution in [0, 0.1) is 13.8 Å². The number of nitrogen functional groups attached to an aromatic ring is 1. The first-order valence-corrected chi connectivity index (χ1v) is 8.21. The number of nitrogens with two attached hydrogens (primary N) is 1. The molecule has 0 aliphatic rings. The Labute approximate surface area is 125 Å². The van der Waals surface area contributed by atoms with E-state index in [1.54, 1.807) is 31.2 Å². The second kappa shape index (κ2) is 5.77. The van der Waals surface area contributed by atoms with E-state index in [1.807, 2.05) is 19.1 Å². The van der Waals surface area contributed by atoms with Crippen molar-refractivity contribution in [2.75, 3.05) is 12.8 Å². The monoisotopic (exact) mass is 305 g/mol. The summed E-state index contributed by atoms with van der Waals surface area (Å²) in [7, 11) is -1.87. The summed E-state index contributed by atoms with van der Waals surface area (Å²) in [4.78, 5) is 0.372. The average Bonchev–Trinajstić information content (AvgIpc) is 2.41. The minimum Gasteiger partial charge on any atom is -0.495 e. The van der Waals surface area contributed by atoms with E-state index in [4.69, 9.17) is 10.5 Å². The van der Waals surface area contributed by atoms with Crippen LogP contribution in [0.2, 0.25) is 0 Å². The second-order valence-electron chi connectivity index (χ2n) is 5.10. The van der Waals surface area contributed by atoms with Gasteiger partial charge in [-0.3, -0.25) is 0 Å². The Morgan fingerprint density at radius 3 is 2.43 bits per heavy atom. The highest BCUT2D eigenvalue weighted by Crippen LogP contribution is 2.26. The maximum Gasteiger partial charge on any atom is 0.182 e. The Bertz CT molecular complexity index is 767. The zero-order valence-electron chi connectivity index (χ0n) is 12.4. The third-order valence-corrected chi connectivity index (χ3v) is 5.15. The molecule has 0 fully saturated rings. The van der Waals surface area contributed by atoms with Gasteiger partial charge in [-0.15, -0.1) is 0 Å². The van der Waals surface area contributed by atoms with Crippen LogP contribution >= 0.6 is 0 Å². The molecule has 0 amide bonds. The normalized spacial score (nSPS) is 11.4. The molecule has 0 spiro atoms. The van der Waals surface area contributed by atoms with Crippen LogP contribution in [0.25, 0.3) is 0 Å². The highest BCUT2D eigenvalue weighted by Gasteiger charge is 2.18. The van der Waals surface area contributed by atoms with Gasteiger partial charge in [0, 0.05) is 0 Å². The fourth-order valence-corrected chi connectivity index (χ4v) is 3.91. The van der Waals surface area contributed by atoms with Gasteiger partial charge in [-0.1, -0.05) is 18.2 Å². The lowest BCUT2D eigenvalue weighted by Gasteiger charge is -2.10. The van der Waals surface area contributed by atoms with Crippen LogP contribution < -0.4 is 10.5 Å². The molecule has 0 atom stereocenters. The maximum absolute atomic E-state index is 12.6. The number of aryl methyl sites for hydroxylation is 2.